The minimum atomic E-state index is -3.60. The first-order chi connectivity index (χ1) is 10.5. The van der Waals surface area contributed by atoms with Gasteiger partial charge < -0.3 is 0 Å². The van der Waals surface area contributed by atoms with Crippen molar-refractivity contribution in [2.45, 2.75) is 31.1 Å². The number of hydrogen-bond donors (Lipinski definition) is 1. The molecule has 0 radical (unpaired) electrons. The molecule has 0 saturated carbocycles. The third-order valence-electron chi connectivity index (χ3n) is 3.32. The molecule has 0 spiro atoms. The van der Waals surface area contributed by atoms with Crippen LogP contribution in [0.2, 0.25) is 0 Å². The van der Waals surface area contributed by atoms with Crippen LogP contribution in [-0.4, -0.2) is 8.42 Å². The van der Waals surface area contributed by atoms with Crippen molar-refractivity contribution in [2.24, 2.45) is 0 Å². The first-order valence-electron chi connectivity index (χ1n) is 7.17. The minimum absolute atomic E-state index is 0.233. The number of unbranched alkanes of at least 4 members (excludes halogenated alkanes) is 1. The molecule has 0 aliphatic heterocycles. The highest BCUT2D eigenvalue weighted by Crippen LogP contribution is 2.17. The fraction of sp³-hybridized carbons (Fsp3) is 0.235. The lowest BCUT2D eigenvalue weighted by atomic mass is 10.1. The fourth-order valence-electron chi connectivity index (χ4n) is 2.04. The lowest BCUT2D eigenvalue weighted by Crippen LogP contribution is -2.12. The third-order valence-corrected chi connectivity index (χ3v) is 4.72. The molecule has 1 N–H and O–H groups in total. The molecule has 22 heavy (non-hydrogen) atoms. The second kappa shape index (κ2) is 7.10. The molecule has 2 rings (SSSR count). The van der Waals surface area contributed by atoms with Gasteiger partial charge in [-0.3, -0.25) is 4.72 Å². The van der Waals surface area contributed by atoms with Crippen LogP contribution < -0.4 is 4.72 Å². The number of anilines is 1. The number of rotatable bonds is 6. The van der Waals surface area contributed by atoms with Crippen LogP contribution in [0.15, 0.2) is 53.4 Å². The Morgan fingerprint density at radius 2 is 1.68 bits per heavy atom. The Hall–Kier alpha value is -2.32. The van der Waals surface area contributed by atoms with Crippen molar-refractivity contribution in [1.29, 1.82) is 5.26 Å². The summed E-state index contributed by atoms with van der Waals surface area (Å²) in [6.45, 7) is 2.13. The number of nitriles is 1. The van der Waals surface area contributed by atoms with E-state index >= 15 is 0 Å². The number of hydrogen-bond acceptors (Lipinski definition) is 3. The van der Waals surface area contributed by atoms with Gasteiger partial charge in [-0.05, 0) is 54.8 Å². The maximum atomic E-state index is 12.3. The van der Waals surface area contributed by atoms with Crippen LogP contribution >= 0.6 is 0 Å². The Labute approximate surface area is 131 Å². The van der Waals surface area contributed by atoms with E-state index in [1.165, 1.54) is 0 Å². The molecule has 2 aromatic rings. The fourth-order valence-corrected chi connectivity index (χ4v) is 3.10. The molecule has 5 heteroatoms. The molecule has 2 aromatic carbocycles. The van der Waals surface area contributed by atoms with E-state index in [0.29, 0.717) is 11.3 Å². The van der Waals surface area contributed by atoms with E-state index < -0.39 is 10.0 Å². The quantitative estimate of drug-likeness (QED) is 0.883. The van der Waals surface area contributed by atoms with E-state index in [9.17, 15) is 8.42 Å². The molecule has 0 aliphatic carbocycles. The predicted molar refractivity (Wildman–Crippen MR) is 87.0 cm³/mol. The Morgan fingerprint density at radius 3 is 2.23 bits per heavy atom. The van der Waals surface area contributed by atoms with Gasteiger partial charge in [0.25, 0.3) is 10.0 Å². The average Bonchev–Trinajstić information content (AvgIpc) is 2.53. The van der Waals surface area contributed by atoms with E-state index in [0.717, 1.165) is 24.8 Å². The van der Waals surface area contributed by atoms with Gasteiger partial charge in [-0.15, -0.1) is 0 Å². The van der Waals surface area contributed by atoms with E-state index in [1.54, 1.807) is 36.4 Å². The number of aryl methyl sites for hydroxylation is 1. The van der Waals surface area contributed by atoms with Crippen LogP contribution in [0.4, 0.5) is 5.69 Å². The van der Waals surface area contributed by atoms with Gasteiger partial charge in [0.2, 0.25) is 0 Å². The van der Waals surface area contributed by atoms with Gasteiger partial charge in [0, 0.05) is 5.69 Å². The monoisotopic (exact) mass is 314 g/mol. The Balaban J connectivity index is 2.13. The highest BCUT2D eigenvalue weighted by molar-refractivity contribution is 7.92. The Morgan fingerprint density at radius 1 is 1.05 bits per heavy atom. The van der Waals surface area contributed by atoms with Crippen molar-refractivity contribution in [3.05, 3.63) is 59.7 Å². The molecule has 0 saturated heterocycles. The second-order valence-electron chi connectivity index (χ2n) is 5.04. The summed E-state index contributed by atoms with van der Waals surface area (Å²) >= 11 is 0. The molecule has 0 aromatic heterocycles. The zero-order valence-electron chi connectivity index (χ0n) is 12.4. The van der Waals surface area contributed by atoms with Crippen molar-refractivity contribution in [2.75, 3.05) is 4.72 Å². The highest BCUT2D eigenvalue weighted by Gasteiger charge is 2.13. The van der Waals surface area contributed by atoms with Crippen molar-refractivity contribution < 1.29 is 8.42 Å². The second-order valence-corrected chi connectivity index (χ2v) is 6.72. The van der Waals surface area contributed by atoms with Crippen LogP contribution in [0.3, 0.4) is 0 Å². The predicted octanol–water partition coefficient (Wildman–Crippen LogP) is 3.70. The summed E-state index contributed by atoms with van der Waals surface area (Å²) in [4.78, 5) is 0.233. The van der Waals surface area contributed by atoms with Crippen molar-refractivity contribution in [3.8, 4) is 6.07 Å². The smallest absolute Gasteiger partial charge is 0.261 e. The van der Waals surface area contributed by atoms with Gasteiger partial charge in [-0.2, -0.15) is 5.26 Å². The Bertz CT molecular complexity index is 758. The maximum absolute atomic E-state index is 12.3. The first-order valence-corrected chi connectivity index (χ1v) is 8.65. The SMILES string of the molecule is CCCCc1ccc(S(=O)(=O)Nc2ccc(C#N)cc2)cc1. The summed E-state index contributed by atoms with van der Waals surface area (Å²) in [6.07, 6.45) is 3.16. The molecular weight excluding hydrogens is 296 g/mol. The van der Waals surface area contributed by atoms with E-state index in [2.05, 4.69) is 11.6 Å². The first kappa shape index (κ1) is 16.1. The summed E-state index contributed by atoms with van der Waals surface area (Å²) in [5.74, 6) is 0. The van der Waals surface area contributed by atoms with Crippen LogP contribution in [-0.2, 0) is 16.4 Å². The normalized spacial score (nSPS) is 10.9. The lowest BCUT2D eigenvalue weighted by Gasteiger charge is -2.09. The number of sulfonamides is 1. The van der Waals surface area contributed by atoms with Gasteiger partial charge in [0.05, 0.1) is 16.5 Å². The summed E-state index contributed by atoms with van der Waals surface area (Å²) < 4.78 is 27.1. The largest absolute Gasteiger partial charge is 0.280 e. The number of benzene rings is 2. The van der Waals surface area contributed by atoms with Crippen molar-refractivity contribution in [3.63, 3.8) is 0 Å². The maximum Gasteiger partial charge on any atom is 0.261 e. The average molecular weight is 314 g/mol. The Kier molecular flexibility index (Phi) is 5.18. The molecule has 0 amide bonds. The molecule has 0 unspecified atom stereocenters. The summed E-state index contributed by atoms with van der Waals surface area (Å²) in [6, 6.07) is 15.2. The lowest BCUT2D eigenvalue weighted by molar-refractivity contribution is 0.601. The molecule has 0 fully saturated rings. The van der Waals surface area contributed by atoms with Crippen LogP contribution in [0.25, 0.3) is 0 Å². The third kappa shape index (κ3) is 4.09. The summed E-state index contributed by atoms with van der Waals surface area (Å²) in [5, 5.41) is 8.74. The van der Waals surface area contributed by atoms with Gasteiger partial charge in [0.1, 0.15) is 0 Å². The molecule has 4 nitrogen and oxygen atoms in total. The van der Waals surface area contributed by atoms with Crippen molar-refractivity contribution in [1.82, 2.24) is 0 Å². The molecular formula is C17H18N2O2S. The summed E-state index contributed by atoms with van der Waals surface area (Å²) in [5.41, 5.74) is 2.07. The van der Waals surface area contributed by atoms with E-state index in [1.807, 2.05) is 18.2 Å². The molecule has 114 valence electrons. The van der Waals surface area contributed by atoms with Gasteiger partial charge in [-0.1, -0.05) is 25.5 Å². The minimum Gasteiger partial charge on any atom is -0.280 e. The summed E-state index contributed by atoms with van der Waals surface area (Å²) in [7, 11) is -3.60. The standard InChI is InChI=1S/C17H18N2O2S/c1-2-3-4-14-7-11-17(12-8-14)22(20,21)19-16-9-5-15(13-18)6-10-16/h5-12,19H,2-4H2,1H3. The van der Waals surface area contributed by atoms with Crippen LogP contribution in [0.1, 0.15) is 30.9 Å². The molecule has 0 bridgehead atoms. The highest BCUT2D eigenvalue weighted by atomic mass is 32.2. The van der Waals surface area contributed by atoms with Crippen molar-refractivity contribution >= 4 is 15.7 Å². The van der Waals surface area contributed by atoms with Gasteiger partial charge >= 0.3 is 0 Å². The van der Waals surface area contributed by atoms with Gasteiger partial charge in [-0.25, -0.2) is 8.42 Å². The molecule has 0 atom stereocenters. The molecule has 0 aliphatic rings. The zero-order chi connectivity index (χ0) is 16.0. The zero-order valence-corrected chi connectivity index (χ0v) is 13.2. The van der Waals surface area contributed by atoms with Crippen LogP contribution in [0.5, 0.6) is 0 Å². The van der Waals surface area contributed by atoms with E-state index in [4.69, 9.17) is 5.26 Å². The van der Waals surface area contributed by atoms with Crippen LogP contribution in [0, 0.1) is 11.3 Å². The molecule has 0 heterocycles. The number of nitrogens with one attached hydrogen (secondary N) is 1. The number of nitrogens with zero attached hydrogens (tertiary/aromatic N) is 1. The topological polar surface area (TPSA) is 70.0 Å². The van der Waals surface area contributed by atoms with E-state index in [-0.39, 0.29) is 4.90 Å². The van der Waals surface area contributed by atoms with Gasteiger partial charge in [0.15, 0.2) is 0 Å².